The van der Waals surface area contributed by atoms with Gasteiger partial charge in [0, 0.05) is 4.47 Å². The van der Waals surface area contributed by atoms with Crippen LogP contribution in [0, 0.1) is 0 Å². The maximum absolute atomic E-state index is 12.3. The lowest BCUT2D eigenvalue weighted by Crippen LogP contribution is -2.14. The van der Waals surface area contributed by atoms with Gasteiger partial charge in [-0.1, -0.05) is 18.2 Å². The minimum absolute atomic E-state index is 0.0940. The molecule has 2 aromatic carbocycles. The Balaban J connectivity index is 2.31. The molecule has 0 amide bonds. The van der Waals surface area contributed by atoms with Crippen LogP contribution in [0.5, 0.6) is 0 Å². The summed E-state index contributed by atoms with van der Waals surface area (Å²) in [6.45, 7) is 0. The maximum atomic E-state index is 12.3. The molecular weight excluding hydrogens is 392 g/mol. The molecule has 22 heavy (non-hydrogen) atoms. The molecule has 0 radical (unpaired) electrons. The topological polar surface area (TPSA) is 92.3 Å². The van der Waals surface area contributed by atoms with E-state index in [2.05, 4.69) is 25.4 Å². The maximum Gasteiger partial charge on any atom is 0.263 e. The highest BCUT2D eigenvalue weighted by Crippen LogP contribution is 2.25. The van der Waals surface area contributed by atoms with Gasteiger partial charge in [0.25, 0.3) is 10.0 Å². The van der Waals surface area contributed by atoms with E-state index in [9.17, 15) is 16.8 Å². The van der Waals surface area contributed by atoms with Crippen LogP contribution < -0.4 is 9.44 Å². The molecule has 0 unspecified atom stereocenters. The first-order valence-corrected chi connectivity index (χ1v) is 10.2. The lowest BCUT2D eigenvalue weighted by molar-refractivity contribution is 0.600. The van der Waals surface area contributed by atoms with E-state index in [1.807, 2.05) is 0 Å². The van der Waals surface area contributed by atoms with Crippen LogP contribution in [0.1, 0.15) is 0 Å². The van der Waals surface area contributed by atoms with Gasteiger partial charge in [0.2, 0.25) is 10.0 Å². The first kappa shape index (κ1) is 16.8. The molecule has 2 aromatic rings. The normalized spacial score (nSPS) is 11.9. The van der Waals surface area contributed by atoms with Crippen molar-refractivity contribution in [3.05, 3.63) is 53.0 Å². The van der Waals surface area contributed by atoms with Crippen molar-refractivity contribution in [2.24, 2.45) is 0 Å². The summed E-state index contributed by atoms with van der Waals surface area (Å²) in [7, 11) is -7.21. The summed E-state index contributed by atoms with van der Waals surface area (Å²) in [6.07, 6.45) is 1.02. The predicted molar refractivity (Wildman–Crippen MR) is 89.9 cm³/mol. The number of anilines is 2. The lowest BCUT2D eigenvalue weighted by atomic mass is 10.3. The molecule has 2 rings (SSSR count). The van der Waals surface area contributed by atoms with Gasteiger partial charge in [-0.3, -0.25) is 9.44 Å². The molecule has 0 saturated carbocycles. The van der Waals surface area contributed by atoms with Crippen LogP contribution >= 0.6 is 15.9 Å². The van der Waals surface area contributed by atoms with Crippen LogP contribution in [0.2, 0.25) is 0 Å². The zero-order valence-electron chi connectivity index (χ0n) is 11.4. The van der Waals surface area contributed by atoms with E-state index in [1.165, 1.54) is 24.3 Å². The van der Waals surface area contributed by atoms with Gasteiger partial charge in [-0.2, -0.15) is 0 Å². The van der Waals surface area contributed by atoms with E-state index in [0.29, 0.717) is 4.47 Å². The highest BCUT2D eigenvalue weighted by molar-refractivity contribution is 9.10. The molecule has 0 atom stereocenters. The first-order chi connectivity index (χ1) is 10.2. The Hall–Kier alpha value is -1.58. The number of nitrogens with one attached hydrogen (secondary N) is 2. The van der Waals surface area contributed by atoms with Crippen LogP contribution in [-0.4, -0.2) is 23.1 Å². The van der Waals surface area contributed by atoms with Crippen molar-refractivity contribution in [1.29, 1.82) is 0 Å². The summed E-state index contributed by atoms with van der Waals surface area (Å²) >= 11 is 3.19. The van der Waals surface area contributed by atoms with E-state index in [0.717, 1.165) is 6.26 Å². The fourth-order valence-corrected chi connectivity index (χ4v) is 4.34. The van der Waals surface area contributed by atoms with Crippen molar-refractivity contribution < 1.29 is 16.8 Å². The number of hydrogen-bond acceptors (Lipinski definition) is 4. The predicted octanol–water partition coefficient (Wildman–Crippen LogP) is 2.62. The molecule has 0 aliphatic carbocycles. The molecule has 118 valence electrons. The van der Waals surface area contributed by atoms with E-state index < -0.39 is 20.0 Å². The van der Waals surface area contributed by atoms with Gasteiger partial charge >= 0.3 is 0 Å². The number of hydrogen-bond donors (Lipinski definition) is 2. The van der Waals surface area contributed by atoms with E-state index in [4.69, 9.17) is 0 Å². The largest absolute Gasteiger partial charge is 0.284 e. The SMILES string of the molecule is CS(=O)(=O)Nc1cccc(NS(=O)(=O)c2ccccc2Br)c1. The second-order valence-corrected chi connectivity index (χ2v) is 8.74. The number of rotatable bonds is 5. The Morgan fingerprint density at radius 2 is 1.45 bits per heavy atom. The van der Waals surface area contributed by atoms with Crippen LogP contribution in [0.3, 0.4) is 0 Å². The highest BCUT2D eigenvalue weighted by Gasteiger charge is 2.17. The second-order valence-electron chi connectivity index (χ2n) is 4.49. The molecule has 0 fully saturated rings. The van der Waals surface area contributed by atoms with Gasteiger partial charge in [-0.05, 0) is 46.3 Å². The second kappa shape index (κ2) is 6.27. The van der Waals surface area contributed by atoms with Gasteiger partial charge in [-0.15, -0.1) is 0 Å². The quantitative estimate of drug-likeness (QED) is 0.800. The van der Waals surface area contributed by atoms with Crippen LogP contribution in [0.15, 0.2) is 57.9 Å². The van der Waals surface area contributed by atoms with E-state index in [1.54, 1.807) is 24.3 Å². The van der Waals surface area contributed by atoms with Gasteiger partial charge in [0.15, 0.2) is 0 Å². The van der Waals surface area contributed by atoms with E-state index in [-0.39, 0.29) is 16.3 Å². The molecule has 2 N–H and O–H groups in total. The first-order valence-electron chi connectivity index (χ1n) is 6.02. The van der Waals surface area contributed by atoms with Gasteiger partial charge in [-0.25, -0.2) is 16.8 Å². The minimum Gasteiger partial charge on any atom is -0.284 e. The minimum atomic E-state index is -3.78. The third-order valence-electron chi connectivity index (χ3n) is 2.54. The standard InChI is InChI=1S/C13H13BrN2O4S2/c1-21(17,18)15-10-5-4-6-11(9-10)16-22(19,20)13-8-3-2-7-12(13)14/h2-9,15-16H,1H3. The molecule has 9 heteroatoms. The lowest BCUT2D eigenvalue weighted by Gasteiger charge is -2.11. The molecule has 0 aromatic heterocycles. The number of halogens is 1. The molecular formula is C13H13BrN2O4S2. The van der Waals surface area contributed by atoms with E-state index >= 15 is 0 Å². The van der Waals surface area contributed by atoms with Crippen LogP contribution in [-0.2, 0) is 20.0 Å². The third-order valence-corrected chi connectivity index (χ3v) is 5.54. The van der Waals surface area contributed by atoms with Crippen molar-refractivity contribution in [3.63, 3.8) is 0 Å². The molecule has 0 aliphatic heterocycles. The summed E-state index contributed by atoms with van der Waals surface area (Å²) < 4.78 is 52.2. The zero-order valence-corrected chi connectivity index (χ0v) is 14.7. The average Bonchev–Trinajstić information content (AvgIpc) is 2.36. The van der Waals surface area contributed by atoms with Crippen molar-refractivity contribution >= 4 is 47.4 Å². The summed E-state index contributed by atoms with van der Waals surface area (Å²) in [5, 5.41) is 0. The molecule has 0 aliphatic rings. The Morgan fingerprint density at radius 3 is 2.05 bits per heavy atom. The molecule has 0 bridgehead atoms. The third kappa shape index (κ3) is 4.46. The monoisotopic (exact) mass is 404 g/mol. The van der Waals surface area contributed by atoms with Crippen molar-refractivity contribution in [2.45, 2.75) is 4.90 Å². The smallest absolute Gasteiger partial charge is 0.263 e. The zero-order chi connectivity index (χ0) is 16.4. The summed E-state index contributed by atoms with van der Waals surface area (Å²) in [4.78, 5) is 0.0940. The highest BCUT2D eigenvalue weighted by atomic mass is 79.9. The summed E-state index contributed by atoms with van der Waals surface area (Å²) in [5.41, 5.74) is 0.527. The average molecular weight is 405 g/mol. The fourth-order valence-electron chi connectivity index (χ4n) is 1.73. The summed E-state index contributed by atoms with van der Waals surface area (Å²) in [6, 6.07) is 12.4. The van der Waals surface area contributed by atoms with Crippen LogP contribution in [0.25, 0.3) is 0 Å². The van der Waals surface area contributed by atoms with Gasteiger partial charge < -0.3 is 0 Å². The molecule has 0 spiro atoms. The van der Waals surface area contributed by atoms with Gasteiger partial charge in [0.05, 0.1) is 17.6 Å². The molecule has 0 heterocycles. The number of sulfonamides is 2. The molecule has 6 nitrogen and oxygen atoms in total. The van der Waals surface area contributed by atoms with Crippen molar-refractivity contribution in [1.82, 2.24) is 0 Å². The number of benzene rings is 2. The molecule has 0 saturated heterocycles. The van der Waals surface area contributed by atoms with Gasteiger partial charge in [0.1, 0.15) is 4.90 Å². The Bertz CT molecular complexity index is 896. The Kier molecular flexibility index (Phi) is 4.78. The Labute approximate surface area is 137 Å². The summed E-state index contributed by atoms with van der Waals surface area (Å²) in [5.74, 6) is 0. The van der Waals surface area contributed by atoms with Crippen LogP contribution in [0.4, 0.5) is 11.4 Å². The van der Waals surface area contributed by atoms with Crippen molar-refractivity contribution in [2.75, 3.05) is 15.7 Å². The Morgan fingerprint density at radius 1 is 0.864 bits per heavy atom. The fraction of sp³-hybridized carbons (Fsp3) is 0.0769. The van der Waals surface area contributed by atoms with Crippen molar-refractivity contribution in [3.8, 4) is 0 Å².